The van der Waals surface area contributed by atoms with Crippen LogP contribution in [-0.2, 0) is 4.79 Å². The van der Waals surface area contributed by atoms with E-state index >= 15 is 0 Å². The average molecular weight is 326 g/mol. The van der Waals surface area contributed by atoms with Gasteiger partial charge < -0.3 is 5.32 Å². The lowest BCUT2D eigenvalue weighted by atomic mass is 10.0. The van der Waals surface area contributed by atoms with Crippen LogP contribution in [0.3, 0.4) is 0 Å². The minimum atomic E-state index is -0.547. The summed E-state index contributed by atoms with van der Waals surface area (Å²) in [5, 5.41) is 11.5. The SMILES string of the molecule is CCCCCC(=O)Nc1cccc(-c2ccc(C(=O)NO)cc2)c1. The molecule has 0 spiro atoms. The summed E-state index contributed by atoms with van der Waals surface area (Å²) in [6, 6.07) is 14.4. The molecule has 0 aliphatic carbocycles. The van der Waals surface area contributed by atoms with Crippen LogP contribution in [0.25, 0.3) is 11.1 Å². The van der Waals surface area contributed by atoms with Gasteiger partial charge in [-0.25, -0.2) is 5.48 Å². The Morgan fingerprint density at radius 3 is 2.42 bits per heavy atom. The van der Waals surface area contributed by atoms with Gasteiger partial charge in [0.1, 0.15) is 0 Å². The fourth-order valence-corrected chi connectivity index (χ4v) is 2.41. The van der Waals surface area contributed by atoms with E-state index in [0.717, 1.165) is 36.1 Å². The first-order valence-corrected chi connectivity index (χ1v) is 8.09. The molecule has 126 valence electrons. The molecule has 2 amide bonds. The van der Waals surface area contributed by atoms with E-state index in [4.69, 9.17) is 5.21 Å². The fraction of sp³-hybridized carbons (Fsp3) is 0.263. The lowest BCUT2D eigenvalue weighted by molar-refractivity contribution is -0.116. The van der Waals surface area contributed by atoms with Crippen molar-refractivity contribution in [1.82, 2.24) is 5.48 Å². The van der Waals surface area contributed by atoms with Crippen molar-refractivity contribution in [1.29, 1.82) is 0 Å². The molecular weight excluding hydrogens is 304 g/mol. The van der Waals surface area contributed by atoms with Crippen LogP contribution in [0.4, 0.5) is 5.69 Å². The minimum absolute atomic E-state index is 0.0237. The van der Waals surface area contributed by atoms with Gasteiger partial charge in [0.15, 0.2) is 0 Å². The first kappa shape index (κ1) is 17.7. The molecule has 0 radical (unpaired) electrons. The molecule has 0 saturated heterocycles. The van der Waals surface area contributed by atoms with Crippen LogP contribution in [-0.4, -0.2) is 17.0 Å². The smallest absolute Gasteiger partial charge is 0.274 e. The number of nitrogens with one attached hydrogen (secondary N) is 2. The third kappa shape index (κ3) is 4.93. The molecule has 2 aromatic rings. The molecule has 0 bridgehead atoms. The second-order valence-corrected chi connectivity index (χ2v) is 5.60. The topological polar surface area (TPSA) is 78.4 Å². The van der Waals surface area contributed by atoms with Crippen LogP contribution in [0.1, 0.15) is 43.0 Å². The summed E-state index contributed by atoms with van der Waals surface area (Å²) in [5.41, 5.74) is 4.60. The van der Waals surface area contributed by atoms with Crippen LogP contribution < -0.4 is 10.8 Å². The van der Waals surface area contributed by atoms with Crippen molar-refractivity contribution in [3.8, 4) is 11.1 Å². The summed E-state index contributed by atoms with van der Waals surface area (Å²) >= 11 is 0. The van der Waals surface area contributed by atoms with Crippen LogP contribution >= 0.6 is 0 Å². The Balaban J connectivity index is 2.07. The molecule has 0 heterocycles. The normalized spacial score (nSPS) is 10.2. The molecular formula is C19H22N2O3. The predicted molar refractivity (Wildman–Crippen MR) is 93.9 cm³/mol. The number of hydroxylamine groups is 1. The van der Waals surface area contributed by atoms with Crippen LogP contribution in [0.5, 0.6) is 0 Å². The zero-order chi connectivity index (χ0) is 17.4. The molecule has 3 N–H and O–H groups in total. The maximum Gasteiger partial charge on any atom is 0.274 e. The molecule has 2 rings (SSSR count). The highest BCUT2D eigenvalue weighted by Crippen LogP contribution is 2.23. The third-order valence-electron chi connectivity index (χ3n) is 3.74. The average Bonchev–Trinajstić information content (AvgIpc) is 2.61. The lowest BCUT2D eigenvalue weighted by Crippen LogP contribution is -2.18. The highest BCUT2D eigenvalue weighted by molar-refractivity contribution is 5.94. The number of anilines is 1. The number of amides is 2. The Morgan fingerprint density at radius 1 is 1.00 bits per heavy atom. The van der Waals surface area contributed by atoms with E-state index in [0.29, 0.717) is 12.0 Å². The number of rotatable bonds is 7. The summed E-state index contributed by atoms with van der Waals surface area (Å²) in [4.78, 5) is 23.2. The van der Waals surface area contributed by atoms with E-state index in [1.807, 2.05) is 24.3 Å². The van der Waals surface area contributed by atoms with Gasteiger partial charge in [0, 0.05) is 17.7 Å². The third-order valence-corrected chi connectivity index (χ3v) is 3.74. The van der Waals surface area contributed by atoms with Gasteiger partial charge in [0.05, 0.1) is 0 Å². The number of hydrogen-bond acceptors (Lipinski definition) is 3. The standard InChI is InChI=1S/C19H22N2O3/c1-2-3-4-8-18(22)20-17-7-5-6-16(13-17)14-9-11-15(12-10-14)19(23)21-24/h5-7,9-13,24H,2-4,8H2,1H3,(H,20,22)(H,21,23). The van der Waals surface area contributed by atoms with Crippen molar-refractivity contribution in [2.75, 3.05) is 5.32 Å². The van der Waals surface area contributed by atoms with Crippen molar-refractivity contribution in [2.24, 2.45) is 0 Å². The number of hydrogen-bond donors (Lipinski definition) is 3. The van der Waals surface area contributed by atoms with Crippen LogP contribution in [0.2, 0.25) is 0 Å². The lowest BCUT2D eigenvalue weighted by Gasteiger charge is -2.08. The van der Waals surface area contributed by atoms with E-state index in [9.17, 15) is 9.59 Å². The van der Waals surface area contributed by atoms with E-state index in [1.54, 1.807) is 29.7 Å². The second-order valence-electron chi connectivity index (χ2n) is 5.60. The van der Waals surface area contributed by atoms with Crippen LogP contribution in [0, 0.1) is 0 Å². The summed E-state index contributed by atoms with van der Waals surface area (Å²) < 4.78 is 0. The Morgan fingerprint density at radius 2 is 1.75 bits per heavy atom. The van der Waals surface area contributed by atoms with Gasteiger partial charge in [-0.1, -0.05) is 44.0 Å². The highest BCUT2D eigenvalue weighted by Gasteiger charge is 2.06. The molecule has 0 atom stereocenters. The summed E-state index contributed by atoms with van der Waals surface area (Å²) in [7, 11) is 0. The zero-order valence-electron chi connectivity index (χ0n) is 13.7. The van der Waals surface area contributed by atoms with Gasteiger partial charge in [-0.2, -0.15) is 0 Å². The number of carbonyl (C=O) groups is 2. The molecule has 0 aliphatic rings. The second kappa shape index (κ2) is 8.84. The highest BCUT2D eigenvalue weighted by atomic mass is 16.5. The molecule has 0 aliphatic heterocycles. The molecule has 0 fully saturated rings. The molecule has 5 heteroatoms. The van der Waals surface area contributed by atoms with Crippen molar-refractivity contribution < 1.29 is 14.8 Å². The van der Waals surface area contributed by atoms with Crippen molar-refractivity contribution in [3.05, 3.63) is 54.1 Å². The van der Waals surface area contributed by atoms with Crippen molar-refractivity contribution >= 4 is 17.5 Å². The Hall–Kier alpha value is -2.66. The van der Waals surface area contributed by atoms with E-state index in [1.165, 1.54) is 0 Å². The monoisotopic (exact) mass is 326 g/mol. The van der Waals surface area contributed by atoms with Crippen LogP contribution in [0.15, 0.2) is 48.5 Å². The Labute approximate surface area is 141 Å². The molecule has 0 saturated carbocycles. The molecule has 0 aromatic heterocycles. The number of unbranched alkanes of at least 4 members (excludes halogenated alkanes) is 2. The zero-order valence-corrected chi connectivity index (χ0v) is 13.7. The van der Waals surface area contributed by atoms with E-state index in [2.05, 4.69) is 12.2 Å². The van der Waals surface area contributed by atoms with E-state index < -0.39 is 5.91 Å². The summed E-state index contributed by atoms with van der Waals surface area (Å²) in [5.74, 6) is -0.523. The largest absolute Gasteiger partial charge is 0.326 e. The maximum atomic E-state index is 11.9. The van der Waals surface area contributed by atoms with Gasteiger partial charge in [-0.3, -0.25) is 14.8 Å². The van der Waals surface area contributed by atoms with Gasteiger partial charge in [-0.15, -0.1) is 0 Å². The summed E-state index contributed by atoms with van der Waals surface area (Å²) in [6.07, 6.45) is 3.58. The quantitative estimate of drug-likeness (QED) is 0.409. The predicted octanol–water partition coefficient (Wildman–Crippen LogP) is 3.99. The molecule has 0 unspecified atom stereocenters. The number of benzene rings is 2. The fourth-order valence-electron chi connectivity index (χ4n) is 2.41. The first-order valence-electron chi connectivity index (χ1n) is 8.09. The first-order chi connectivity index (χ1) is 11.6. The Bertz CT molecular complexity index is 696. The van der Waals surface area contributed by atoms with Crippen molar-refractivity contribution in [2.45, 2.75) is 32.6 Å². The van der Waals surface area contributed by atoms with E-state index in [-0.39, 0.29) is 5.91 Å². The molecule has 2 aromatic carbocycles. The van der Waals surface area contributed by atoms with Crippen molar-refractivity contribution in [3.63, 3.8) is 0 Å². The van der Waals surface area contributed by atoms with Gasteiger partial charge in [0.25, 0.3) is 5.91 Å². The number of carbonyl (C=O) groups excluding carboxylic acids is 2. The molecule has 5 nitrogen and oxygen atoms in total. The van der Waals surface area contributed by atoms with Gasteiger partial charge >= 0.3 is 0 Å². The summed E-state index contributed by atoms with van der Waals surface area (Å²) in [6.45, 7) is 2.11. The Kier molecular flexibility index (Phi) is 6.51. The van der Waals surface area contributed by atoms with Gasteiger partial charge in [0.2, 0.25) is 5.91 Å². The van der Waals surface area contributed by atoms with Gasteiger partial charge in [-0.05, 0) is 41.8 Å². The minimum Gasteiger partial charge on any atom is -0.326 e. The molecule has 24 heavy (non-hydrogen) atoms. The maximum absolute atomic E-state index is 11.9.